The molecule has 0 aliphatic rings. The van der Waals surface area contributed by atoms with Gasteiger partial charge in [0.25, 0.3) is 0 Å². The molecule has 0 aromatic rings. The van der Waals surface area contributed by atoms with Crippen molar-refractivity contribution in [3.8, 4) is 0 Å². The minimum atomic E-state index is -4.13. The zero-order chi connectivity index (χ0) is 12.3. The molecule has 15 heavy (non-hydrogen) atoms. The Morgan fingerprint density at radius 3 is 2.13 bits per heavy atom. The van der Waals surface area contributed by atoms with Crippen LogP contribution in [-0.4, -0.2) is 30.4 Å². The Morgan fingerprint density at radius 2 is 1.80 bits per heavy atom. The summed E-state index contributed by atoms with van der Waals surface area (Å²) in [7, 11) is 0. The normalized spacial score (nSPS) is 14.5. The monoisotopic (exact) mass is 229 g/mol. The van der Waals surface area contributed by atoms with Crippen molar-refractivity contribution in [2.75, 3.05) is 6.54 Å². The summed E-state index contributed by atoms with van der Waals surface area (Å²) in [6.45, 7) is 3.89. The summed E-state index contributed by atoms with van der Waals surface area (Å²) in [4.78, 5) is 3.16. The number of rotatable bonds is 3. The van der Waals surface area contributed by atoms with E-state index in [0.717, 1.165) is 0 Å². The summed E-state index contributed by atoms with van der Waals surface area (Å²) in [5.41, 5.74) is 4.78. The van der Waals surface area contributed by atoms with Crippen LogP contribution in [0.25, 0.3) is 0 Å². The lowest BCUT2D eigenvalue weighted by atomic mass is 10.1. The lowest BCUT2D eigenvalue weighted by molar-refractivity contribution is -0.120. The van der Waals surface area contributed by atoms with E-state index in [4.69, 9.17) is 5.73 Å². The first kappa shape index (κ1) is 14.0. The van der Waals surface area contributed by atoms with Gasteiger partial charge in [-0.05, 0) is 20.8 Å². The Hall–Kier alpha value is -1.01. The maximum atomic E-state index is 12.4. The summed E-state index contributed by atoms with van der Waals surface area (Å²) in [5, 5.41) is 2.58. The number of nitrogens with one attached hydrogen (secondary N) is 1. The molecule has 90 valence electrons. The molecule has 3 nitrogen and oxygen atoms in total. The van der Waals surface area contributed by atoms with Gasteiger partial charge in [-0.15, -0.1) is 0 Å². The van der Waals surface area contributed by atoms with Crippen LogP contribution < -0.4 is 11.1 Å². The van der Waals surface area contributed by atoms with Crippen molar-refractivity contribution in [1.29, 1.82) is 0 Å². The Bertz CT molecular complexity index is 233. The largest absolute Gasteiger partial charge is 0.370 e. The van der Waals surface area contributed by atoms with Crippen molar-refractivity contribution in [2.24, 2.45) is 10.7 Å². The zero-order valence-electron chi connectivity index (χ0n) is 8.82. The van der Waals surface area contributed by atoms with E-state index < -0.39 is 24.4 Å². The van der Waals surface area contributed by atoms with E-state index in [1.807, 2.05) is 0 Å². The number of halogens is 4. The van der Waals surface area contributed by atoms with Gasteiger partial charge in [0.05, 0.1) is 0 Å². The molecule has 0 aliphatic heterocycles. The number of hydrogen-bond donors (Lipinski definition) is 2. The highest BCUT2D eigenvalue weighted by molar-refractivity contribution is 5.78. The second kappa shape index (κ2) is 4.67. The van der Waals surface area contributed by atoms with E-state index in [9.17, 15) is 17.6 Å². The van der Waals surface area contributed by atoms with E-state index in [-0.39, 0.29) is 5.96 Å². The quantitative estimate of drug-likeness (QED) is 0.438. The topological polar surface area (TPSA) is 50.4 Å². The number of guanidine groups is 1. The number of alkyl halides is 4. The van der Waals surface area contributed by atoms with Gasteiger partial charge in [0.2, 0.25) is 0 Å². The molecule has 0 atom stereocenters. The average Bonchev–Trinajstić information content (AvgIpc) is 1.97. The fourth-order valence-electron chi connectivity index (χ4n) is 0.683. The van der Waals surface area contributed by atoms with Crippen LogP contribution in [0, 0.1) is 0 Å². The molecule has 0 rings (SSSR count). The fraction of sp³-hybridized carbons (Fsp3) is 0.875. The molecule has 7 heteroatoms. The van der Waals surface area contributed by atoms with E-state index in [1.54, 1.807) is 20.8 Å². The maximum Gasteiger partial charge on any atom is 0.326 e. The van der Waals surface area contributed by atoms with Crippen molar-refractivity contribution < 1.29 is 17.6 Å². The molecular weight excluding hydrogens is 214 g/mol. The van der Waals surface area contributed by atoms with Crippen molar-refractivity contribution in [2.45, 2.75) is 38.7 Å². The van der Waals surface area contributed by atoms with Gasteiger partial charge < -0.3 is 11.1 Å². The van der Waals surface area contributed by atoms with Gasteiger partial charge in [-0.25, -0.2) is 13.8 Å². The first-order chi connectivity index (χ1) is 6.54. The maximum absolute atomic E-state index is 12.4. The van der Waals surface area contributed by atoms with Crippen LogP contribution in [0.15, 0.2) is 4.99 Å². The highest BCUT2D eigenvalue weighted by atomic mass is 19.3. The van der Waals surface area contributed by atoms with Crippen LogP contribution >= 0.6 is 0 Å². The molecule has 0 aromatic heterocycles. The average molecular weight is 229 g/mol. The summed E-state index contributed by atoms with van der Waals surface area (Å²) in [6.07, 6.45) is -3.73. The lowest BCUT2D eigenvalue weighted by Gasteiger charge is -2.21. The minimum Gasteiger partial charge on any atom is -0.370 e. The molecule has 0 saturated carbocycles. The molecule has 0 fully saturated rings. The number of aliphatic imine (C=N–C) groups is 1. The Labute approximate surface area is 85.7 Å². The second-order valence-electron chi connectivity index (χ2n) is 4.14. The number of hydrogen-bond acceptors (Lipinski definition) is 1. The van der Waals surface area contributed by atoms with E-state index in [2.05, 4.69) is 10.3 Å². The van der Waals surface area contributed by atoms with Crippen LogP contribution in [0.4, 0.5) is 17.6 Å². The standard InChI is InChI=1S/C8H15F4N3/c1-7(2,3)15-6(13)14-4-8(11,12)5(9)10/h5H,4H2,1-3H3,(H3,13,14,15). The van der Waals surface area contributed by atoms with Crippen molar-refractivity contribution >= 4 is 5.96 Å². The summed E-state index contributed by atoms with van der Waals surface area (Å²) in [6, 6.07) is 0. The second-order valence-corrected chi connectivity index (χ2v) is 4.14. The number of nitrogens with zero attached hydrogens (tertiary/aromatic N) is 1. The molecule has 0 aromatic carbocycles. The summed E-state index contributed by atoms with van der Waals surface area (Å²) in [5.74, 6) is -4.41. The van der Waals surface area contributed by atoms with Crippen molar-refractivity contribution in [3.63, 3.8) is 0 Å². The Kier molecular flexibility index (Phi) is 4.36. The van der Waals surface area contributed by atoms with E-state index in [0.29, 0.717) is 0 Å². The van der Waals surface area contributed by atoms with Gasteiger partial charge >= 0.3 is 12.3 Å². The van der Waals surface area contributed by atoms with Gasteiger partial charge in [0, 0.05) is 5.54 Å². The molecule has 0 unspecified atom stereocenters. The first-order valence-corrected chi connectivity index (χ1v) is 4.29. The van der Waals surface area contributed by atoms with Gasteiger partial charge in [0.15, 0.2) is 5.96 Å². The third-order valence-electron chi connectivity index (χ3n) is 1.28. The summed E-state index contributed by atoms with van der Waals surface area (Å²) >= 11 is 0. The van der Waals surface area contributed by atoms with Gasteiger partial charge in [-0.3, -0.25) is 0 Å². The molecule has 0 heterocycles. The van der Waals surface area contributed by atoms with Crippen molar-refractivity contribution in [1.82, 2.24) is 5.32 Å². The van der Waals surface area contributed by atoms with Gasteiger partial charge in [-0.1, -0.05) is 0 Å². The molecule has 0 bridgehead atoms. The molecule has 0 spiro atoms. The summed E-state index contributed by atoms with van der Waals surface area (Å²) < 4.78 is 48.2. The predicted molar refractivity (Wildman–Crippen MR) is 50.3 cm³/mol. The van der Waals surface area contributed by atoms with Crippen LogP contribution in [0.3, 0.4) is 0 Å². The molecule has 0 aliphatic carbocycles. The minimum absolute atomic E-state index is 0.275. The molecular formula is C8H15F4N3. The van der Waals surface area contributed by atoms with Gasteiger partial charge in [0.1, 0.15) is 6.54 Å². The first-order valence-electron chi connectivity index (χ1n) is 4.29. The lowest BCUT2D eigenvalue weighted by Crippen LogP contribution is -2.45. The molecule has 0 radical (unpaired) electrons. The van der Waals surface area contributed by atoms with Crippen LogP contribution in [0.5, 0.6) is 0 Å². The molecule has 3 N–H and O–H groups in total. The third kappa shape index (κ3) is 6.14. The predicted octanol–water partition coefficient (Wildman–Crippen LogP) is 1.59. The van der Waals surface area contributed by atoms with Gasteiger partial charge in [-0.2, -0.15) is 8.78 Å². The smallest absolute Gasteiger partial charge is 0.326 e. The SMILES string of the molecule is CC(C)(C)NC(N)=NCC(F)(F)C(F)F. The van der Waals surface area contributed by atoms with Crippen molar-refractivity contribution in [3.05, 3.63) is 0 Å². The molecule has 0 saturated heterocycles. The van der Waals surface area contributed by atoms with Crippen LogP contribution in [0.1, 0.15) is 20.8 Å². The Morgan fingerprint density at radius 1 is 1.33 bits per heavy atom. The fourth-order valence-corrected chi connectivity index (χ4v) is 0.683. The zero-order valence-corrected chi connectivity index (χ0v) is 8.82. The van der Waals surface area contributed by atoms with E-state index >= 15 is 0 Å². The van der Waals surface area contributed by atoms with Crippen LogP contribution in [-0.2, 0) is 0 Å². The molecule has 0 amide bonds. The Balaban J connectivity index is 4.29. The van der Waals surface area contributed by atoms with E-state index in [1.165, 1.54) is 0 Å². The van der Waals surface area contributed by atoms with Crippen LogP contribution in [0.2, 0.25) is 0 Å². The third-order valence-corrected chi connectivity index (χ3v) is 1.28. The number of nitrogens with two attached hydrogens (primary N) is 1. The highest BCUT2D eigenvalue weighted by Crippen LogP contribution is 2.22. The highest BCUT2D eigenvalue weighted by Gasteiger charge is 2.40.